The van der Waals surface area contributed by atoms with Gasteiger partial charge >= 0.3 is 0 Å². The van der Waals surface area contributed by atoms with Gasteiger partial charge in [-0.05, 0) is 10.8 Å². The molecule has 0 nitrogen and oxygen atoms in total. The molecule has 0 spiro atoms. The predicted molar refractivity (Wildman–Crippen MR) is 66.0 cm³/mol. The first-order valence-electron chi connectivity index (χ1n) is 5.41. The van der Waals surface area contributed by atoms with Crippen LogP contribution in [0.2, 0.25) is 25.2 Å². The van der Waals surface area contributed by atoms with Gasteiger partial charge in [0.25, 0.3) is 0 Å². The highest BCUT2D eigenvalue weighted by molar-refractivity contribution is 6.77. The maximum Gasteiger partial charge on any atom is 0.0484 e. The fourth-order valence-corrected chi connectivity index (χ4v) is 8.80. The minimum absolute atomic E-state index is 0.515. The summed E-state index contributed by atoms with van der Waals surface area (Å²) in [5, 5.41) is 0. The molecule has 1 heteroatoms. The molecule has 0 aromatic rings. The molecule has 0 rings (SSSR count). The molecular formula is C12H28Si. The van der Waals surface area contributed by atoms with Crippen molar-refractivity contribution in [3.63, 3.8) is 0 Å². The van der Waals surface area contributed by atoms with Crippen LogP contribution in [-0.4, -0.2) is 8.07 Å². The number of hydrogen-bond donors (Lipinski definition) is 0. The van der Waals surface area contributed by atoms with Crippen molar-refractivity contribution in [2.24, 2.45) is 10.8 Å². The van der Waals surface area contributed by atoms with Gasteiger partial charge in [-0.1, -0.05) is 66.7 Å². The van der Waals surface area contributed by atoms with E-state index in [2.05, 4.69) is 54.6 Å². The van der Waals surface area contributed by atoms with Gasteiger partial charge in [-0.25, -0.2) is 0 Å². The zero-order valence-corrected chi connectivity index (χ0v) is 11.9. The van der Waals surface area contributed by atoms with Crippen molar-refractivity contribution in [3.05, 3.63) is 0 Å². The molecule has 0 heterocycles. The summed E-state index contributed by atoms with van der Waals surface area (Å²) in [6.07, 6.45) is 0. The van der Waals surface area contributed by atoms with Gasteiger partial charge in [-0.15, -0.1) is 0 Å². The van der Waals surface area contributed by atoms with Gasteiger partial charge in [0, 0.05) is 8.07 Å². The molecule has 80 valence electrons. The highest BCUT2D eigenvalue weighted by Crippen LogP contribution is 2.36. The Morgan fingerprint density at radius 1 is 0.692 bits per heavy atom. The van der Waals surface area contributed by atoms with Crippen molar-refractivity contribution in [3.8, 4) is 0 Å². The average Bonchev–Trinajstić information content (AvgIpc) is 1.43. The zero-order chi connectivity index (χ0) is 10.9. The van der Waals surface area contributed by atoms with Crippen molar-refractivity contribution in [1.29, 1.82) is 0 Å². The smallest absolute Gasteiger partial charge is 0.0484 e. The van der Waals surface area contributed by atoms with E-state index in [1.54, 1.807) is 0 Å². The quantitative estimate of drug-likeness (QED) is 0.562. The Kier molecular flexibility index (Phi) is 3.82. The summed E-state index contributed by atoms with van der Waals surface area (Å²) in [7, 11) is -0.974. The van der Waals surface area contributed by atoms with Crippen LogP contribution in [0.3, 0.4) is 0 Å². The van der Waals surface area contributed by atoms with E-state index in [0.29, 0.717) is 10.8 Å². The van der Waals surface area contributed by atoms with Crippen LogP contribution in [0.1, 0.15) is 41.5 Å². The van der Waals surface area contributed by atoms with Crippen LogP contribution in [0.15, 0.2) is 0 Å². The summed E-state index contributed by atoms with van der Waals surface area (Å²) in [5.74, 6) is 0. The lowest BCUT2D eigenvalue weighted by molar-refractivity contribution is 0.434. The molecule has 0 aliphatic carbocycles. The predicted octanol–water partition coefficient (Wildman–Crippen LogP) is 4.79. The van der Waals surface area contributed by atoms with Crippen molar-refractivity contribution >= 4 is 8.07 Å². The molecule has 0 atom stereocenters. The third kappa shape index (κ3) is 8.54. The summed E-state index contributed by atoms with van der Waals surface area (Å²) < 4.78 is 0. The molecule has 0 saturated carbocycles. The highest BCUT2D eigenvalue weighted by atomic mass is 28.3. The van der Waals surface area contributed by atoms with Crippen LogP contribution in [0, 0.1) is 10.8 Å². The second-order valence-electron chi connectivity index (χ2n) is 7.64. The monoisotopic (exact) mass is 200 g/mol. The first-order valence-corrected chi connectivity index (χ1v) is 8.83. The first-order chi connectivity index (χ1) is 5.41. The molecular weight excluding hydrogens is 172 g/mol. The van der Waals surface area contributed by atoms with E-state index < -0.39 is 8.07 Å². The Bertz CT molecular complexity index is 137. The van der Waals surface area contributed by atoms with Crippen LogP contribution >= 0.6 is 0 Å². The number of rotatable bonds is 2. The van der Waals surface area contributed by atoms with Crippen LogP contribution in [0.5, 0.6) is 0 Å². The van der Waals surface area contributed by atoms with Gasteiger partial charge in [0.05, 0.1) is 0 Å². The second kappa shape index (κ2) is 3.76. The van der Waals surface area contributed by atoms with Crippen molar-refractivity contribution in [2.45, 2.75) is 66.7 Å². The van der Waals surface area contributed by atoms with E-state index in [4.69, 9.17) is 0 Å². The summed E-state index contributed by atoms with van der Waals surface area (Å²) >= 11 is 0. The van der Waals surface area contributed by atoms with Gasteiger partial charge in [-0.3, -0.25) is 0 Å². The fraction of sp³-hybridized carbons (Fsp3) is 1.00. The molecule has 0 N–H and O–H groups in total. The van der Waals surface area contributed by atoms with Crippen LogP contribution in [0.4, 0.5) is 0 Å². The third-order valence-corrected chi connectivity index (χ3v) is 6.05. The van der Waals surface area contributed by atoms with E-state index in [-0.39, 0.29) is 0 Å². The van der Waals surface area contributed by atoms with Crippen LogP contribution < -0.4 is 0 Å². The van der Waals surface area contributed by atoms with Gasteiger partial charge in [0.1, 0.15) is 0 Å². The normalized spacial score (nSPS) is 14.8. The Morgan fingerprint density at radius 3 is 1.08 bits per heavy atom. The van der Waals surface area contributed by atoms with E-state index in [1.165, 1.54) is 12.1 Å². The van der Waals surface area contributed by atoms with Gasteiger partial charge < -0.3 is 0 Å². The number of hydrogen-bond acceptors (Lipinski definition) is 0. The Balaban J connectivity index is 4.25. The van der Waals surface area contributed by atoms with E-state index in [1.807, 2.05) is 0 Å². The lowest BCUT2D eigenvalue weighted by Crippen LogP contribution is -2.35. The van der Waals surface area contributed by atoms with Crippen LogP contribution in [0.25, 0.3) is 0 Å². The lowest BCUT2D eigenvalue weighted by atomic mass is 10.00. The molecule has 0 aliphatic rings. The topological polar surface area (TPSA) is 0 Å². The molecule has 0 bridgehead atoms. The molecule has 0 aliphatic heterocycles. The SMILES string of the molecule is CC(C)(C)C[Si](C)(C)CC(C)(C)C. The Morgan fingerprint density at radius 2 is 0.923 bits per heavy atom. The van der Waals surface area contributed by atoms with Gasteiger partial charge in [-0.2, -0.15) is 0 Å². The standard InChI is InChI=1S/C12H28Si/c1-11(2,3)9-13(7,8)10-12(4,5)6/h9-10H2,1-8H3. The summed E-state index contributed by atoms with van der Waals surface area (Å²) in [4.78, 5) is 0. The third-order valence-electron chi connectivity index (χ3n) is 2.02. The van der Waals surface area contributed by atoms with E-state index >= 15 is 0 Å². The Hall–Kier alpha value is 0.217. The van der Waals surface area contributed by atoms with Crippen molar-refractivity contribution in [1.82, 2.24) is 0 Å². The summed E-state index contributed by atoms with van der Waals surface area (Å²) in [6, 6.07) is 2.88. The summed E-state index contributed by atoms with van der Waals surface area (Å²) in [6.45, 7) is 19.3. The molecule has 0 radical (unpaired) electrons. The first kappa shape index (κ1) is 13.2. The molecule has 0 unspecified atom stereocenters. The van der Waals surface area contributed by atoms with Crippen LogP contribution in [-0.2, 0) is 0 Å². The lowest BCUT2D eigenvalue weighted by Gasteiger charge is -2.35. The maximum atomic E-state index is 2.53. The molecule has 0 aromatic heterocycles. The molecule has 0 fully saturated rings. The minimum Gasteiger partial charge on any atom is -0.0693 e. The largest absolute Gasteiger partial charge is 0.0693 e. The summed E-state index contributed by atoms with van der Waals surface area (Å²) in [5.41, 5.74) is 1.03. The highest BCUT2D eigenvalue weighted by Gasteiger charge is 2.31. The molecule has 0 amide bonds. The van der Waals surface area contributed by atoms with Gasteiger partial charge in [0.15, 0.2) is 0 Å². The van der Waals surface area contributed by atoms with E-state index in [9.17, 15) is 0 Å². The fourth-order valence-electron chi connectivity index (χ4n) is 2.93. The van der Waals surface area contributed by atoms with Crippen molar-refractivity contribution < 1.29 is 0 Å². The second-order valence-corrected chi connectivity index (χ2v) is 12.7. The molecule has 13 heavy (non-hydrogen) atoms. The van der Waals surface area contributed by atoms with E-state index in [0.717, 1.165) is 0 Å². The van der Waals surface area contributed by atoms with Gasteiger partial charge in [0.2, 0.25) is 0 Å². The minimum atomic E-state index is -0.974. The average molecular weight is 200 g/mol. The molecule has 0 aromatic carbocycles. The van der Waals surface area contributed by atoms with Crippen molar-refractivity contribution in [2.75, 3.05) is 0 Å². The zero-order valence-electron chi connectivity index (χ0n) is 10.9. The Labute approximate surface area is 86.1 Å². The molecule has 0 saturated heterocycles. The maximum absolute atomic E-state index is 2.53.